The molecule has 35 heavy (non-hydrogen) atoms. The molecule has 0 aliphatic carbocycles. The Hall–Kier alpha value is -4.08. The predicted octanol–water partition coefficient (Wildman–Crippen LogP) is 8.19. The van der Waals surface area contributed by atoms with Gasteiger partial charge in [0.25, 0.3) is 0 Å². The van der Waals surface area contributed by atoms with E-state index in [4.69, 9.17) is 14.2 Å². The summed E-state index contributed by atoms with van der Waals surface area (Å²) in [5.41, 5.74) is 2.48. The van der Waals surface area contributed by atoms with Gasteiger partial charge in [-0.05, 0) is 72.5 Å². The highest BCUT2D eigenvalue weighted by Gasteiger charge is 1.98. The van der Waals surface area contributed by atoms with E-state index in [1.54, 1.807) is 0 Å². The monoisotopic (exact) mass is 462 g/mol. The maximum absolute atomic E-state index is 5.83. The van der Waals surface area contributed by atoms with Crippen LogP contribution in [0.1, 0.15) is 11.1 Å². The number of allylic oxidation sites excluding steroid dienone is 2. The van der Waals surface area contributed by atoms with E-state index in [9.17, 15) is 0 Å². The minimum absolute atomic E-state index is 0.602. The maximum Gasteiger partial charge on any atom is 0.127 e. The Morgan fingerprint density at radius 3 is 1.17 bits per heavy atom. The van der Waals surface area contributed by atoms with Crippen LogP contribution in [0.15, 0.2) is 133 Å². The molecular weight excluding hydrogens is 432 g/mol. The van der Waals surface area contributed by atoms with Gasteiger partial charge < -0.3 is 14.2 Å². The fourth-order valence-corrected chi connectivity index (χ4v) is 3.42. The number of ether oxygens (including phenoxy) is 3. The van der Waals surface area contributed by atoms with Gasteiger partial charge in [-0.1, -0.05) is 85.0 Å². The zero-order valence-corrected chi connectivity index (χ0v) is 19.8. The molecule has 4 aromatic rings. The average molecular weight is 463 g/mol. The van der Waals surface area contributed by atoms with E-state index in [-0.39, 0.29) is 0 Å². The Balaban J connectivity index is 1.09. The molecule has 4 aromatic carbocycles. The normalized spacial score (nSPS) is 11.2. The SMILES string of the molecule is C(=C\Cc1ccc(Oc2ccccc2)cc1)/COC/C=C/Cc1ccc(Oc2ccccc2)cc1. The van der Waals surface area contributed by atoms with E-state index in [1.807, 2.05) is 84.9 Å². The molecular formula is C32H30O3. The second-order valence-electron chi connectivity index (χ2n) is 8.01. The van der Waals surface area contributed by atoms with Crippen molar-refractivity contribution in [3.63, 3.8) is 0 Å². The van der Waals surface area contributed by atoms with Gasteiger partial charge in [0.05, 0.1) is 13.2 Å². The van der Waals surface area contributed by atoms with E-state index < -0.39 is 0 Å². The Morgan fingerprint density at radius 2 is 0.771 bits per heavy atom. The Bertz CT molecular complexity index is 1080. The van der Waals surface area contributed by atoms with Crippen LogP contribution >= 0.6 is 0 Å². The molecule has 0 saturated carbocycles. The third kappa shape index (κ3) is 8.65. The topological polar surface area (TPSA) is 27.7 Å². The van der Waals surface area contributed by atoms with Crippen LogP contribution in [0, 0.1) is 0 Å². The first-order valence-corrected chi connectivity index (χ1v) is 11.9. The minimum Gasteiger partial charge on any atom is -0.457 e. The summed E-state index contributed by atoms with van der Waals surface area (Å²) in [5.74, 6) is 3.38. The molecule has 0 radical (unpaired) electrons. The third-order valence-corrected chi connectivity index (χ3v) is 5.27. The quantitative estimate of drug-likeness (QED) is 0.157. The number of hydrogen-bond acceptors (Lipinski definition) is 3. The van der Waals surface area contributed by atoms with Gasteiger partial charge in [0.15, 0.2) is 0 Å². The van der Waals surface area contributed by atoms with Crippen molar-refractivity contribution in [1.29, 1.82) is 0 Å². The second kappa shape index (κ2) is 13.6. The van der Waals surface area contributed by atoms with Crippen molar-refractivity contribution in [3.8, 4) is 23.0 Å². The zero-order chi connectivity index (χ0) is 24.0. The minimum atomic E-state index is 0.602. The average Bonchev–Trinajstić information content (AvgIpc) is 2.91. The van der Waals surface area contributed by atoms with Crippen LogP contribution in [0.25, 0.3) is 0 Å². The lowest BCUT2D eigenvalue weighted by Crippen LogP contribution is -1.91. The molecule has 4 rings (SSSR count). The molecule has 0 heterocycles. The number of benzene rings is 4. The first-order chi connectivity index (χ1) is 17.3. The van der Waals surface area contributed by atoms with Gasteiger partial charge in [-0.2, -0.15) is 0 Å². The maximum atomic E-state index is 5.83. The largest absolute Gasteiger partial charge is 0.457 e. The summed E-state index contributed by atoms with van der Waals surface area (Å²) >= 11 is 0. The van der Waals surface area contributed by atoms with Gasteiger partial charge in [-0.15, -0.1) is 0 Å². The highest BCUT2D eigenvalue weighted by molar-refractivity contribution is 5.34. The molecule has 0 aliphatic rings. The van der Waals surface area contributed by atoms with Crippen LogP contribution in [0.5, 0.6) is 23.0 Å². The van der Waals surface area contributed by atoms with Crippen molar-refractivity contribution in [1.82, 2.24) is 0 Å². The van der Waals surface area contributed by atoms with Gasteiger partial charge in [-0.3, -0.25) is 0 Å². The summed E-state index contributed by atoms with van der Waals surface area (Å²) in [7, 11) is 0. The van der Waals surface area contributed by atoms with Gasteiger partial charge in [0, 0.05) is 0 Å². The lowest BCUT2D eigenvalue weighted by Gasteiger charge is -2.06. The van der Waals surface area contributed by atoms with Crippen LogP contribution in [-0.4, -0.2) is 13.2 Å². The fourth-order valence-electron chi connectivity index (χ4n) is 3.42. The number of rotatable bonds is 12. The molecule has 0 saturated heterocycles. The lowest BCUT2D eigenvalue weighted by molar-refractivity contribution is 0.193. The van der Waals surface area contributed by atoms with Crippen LogP contribution < -0.4 is 9.47 Å². The summed E-state index contributed by atoms with van der Waals surface area (Å²) < 4.78 is 17.3. The molecule has 0 aromatic heterocycles. The van der Waals surface area contributed by atoms with Crippen LogP contribution in [0.4, 0.5) is 0 Å². The van der Waals surface area contributed by atoms with Crippen molar-refractivity contribution in [2.24, 2.45) is 0 Å². The van der Waals surface area contributed by atoms with Crippen LogP contribution in [-0.2, 0) is 17.6 Å². The smallest absolute Gasteiger partial charge is 0.127 e. The Morgan fingerprint density at radius 1 is 0.400 bits per heavy atom. The van der Waals surface area contributed by atoms with Crippen molar-refractivity contribution in [2.75, 3.05) is 13.2 Å². The van der Waals surface area contributed by atoms with E-state index in [0.29, 0.717) is 13.2 Å². The zero-order valence-electron chi connectivity index (χ0n) is 19.8. The third-order valence-electron chi connectivity index (χ3n) is 5.27. The summed E-state index contributed by atoms with van der Waals surface area (Å²) in [4.78, 5) is 0. The summed E-state index contributed by atoms with van der Waals surface area (Å²) in [6, 6.07) is 36.0. The lowest BCUT2D eigenvalue weighted by atomic mass is 10.1. The van der Waals surface area contributed by atoms with E-state index in [1.165, 1.54) is 11.1 Å². The Labute approximate surface area is 207 Å². The van der Waals surface area contributed by atoms with Crippen LogP contribution in [0.2, 0.25) is 0 Å². The number of para-hydroxylation sites is 2. The fraction of sp³-hybridized carbons (Fsp3) is 0.125. The van der Waals surface area contributed by atoms with Crippen molar-refractivity contribution in [3.05, 3.63) is 145 Å². The second-order valence-corrected chi connectivity index (χ2v) is 8.01. The molecule has 0 atom stereocenters. The summed E-state index contributed by atoms with van der Waals surface area (Å²) in [5, 5.41) is 0. The Kier molecular flexibility index (Phi) is 9.34. The summed E-state index contributed by atoms with van der Waals surface area (Å²) in [6.07, 6.45) is 10.1. The van der Waals surface area contributed by atoms with Gasteiger partial charge in [-0.25, -0.2) is 0 Å². The summed E-state index contributed by atoms with van der Waals surface area (Å²) in [6.45, 7) is 1.20. The molecule has 0 fully saturated rings. The molecule has 3 heteroatoms. The van der Waals surface area contributed by atoms with E-state index in [0.717, 1.165) is 35.8 Å². The van der Waals surface area contributed by atoms with E-state index >= 15 is 0 Å². The van der Waals surface area contributed by atoms with Crippen molar-refractivity contribution in [2.45, 2.75) is 12.8 Å². The highest BCUT2D eigenvalue weighted by atomic mass is 16.5. The molecule has 0 bridgehead atoms. The van der Waals surface area contributed by atoms with Crippen molar-refractivity contribution >= 4 is 0 Å². The molecule has 0 aliphatic heterocycles. The van der Waals surface area contributed by atoms with Gasteiger partial charge >= 0.3 is 0 Å². The number of hydrogen-bond donors (Lipinski definition) is 0. The molecule has 0 amide bonds. The first-order valence-electron chi connectivity index (χ1n) is 11.9. The first kappa shape index (κ1) is 24.1. The molecule has 0 unspecified atom stereocenters. The van der Waals surface area contributed by atoms with Crippen molar-refractivity contribution < 1.29 is 14.2 Å². The standard InChI is InChI=1S/C32H30O3/c1-3-13-29(14-4-1)34-31-21-17-27(18-22-31)11-7-9-25-33-26-10-8-12-28-19-23-32(24-20-28)35-30-15-5-2-6-16-30/h1-10,13-24H,11-12,25-26H2/b9-7+,10-8+. The highest BCUT2D eigenvalue weighted by Crippen LogP contribution is 2.22. The molecule has 176 valence electrons. The van der Waals surface area contributed by atoms with Gasteiger partial charge in [0.1, 0.15) is 23.0 Å². The van der Waals surface area contributed by atoms with E-state index in [2.05, 4.69) is 48.6 Å². The predicted molar refractivity (Wildman–Crippen MR) is 142 cm³/mol. The molecule has 0 N–H and O–H groups in total. The van der Waals surface area contributed by atoms with Gasteiger partial charge in [0.2, 0.25) is 0 Å². The molecule has 3 nitrogen and oxygen atoms in total. The van der Waals surface area contributed by atoms with Crippen LogP contribution in [0.3, 0.4) is 0 Å². The molecule has 0 spiro atoms.